The summed E-state index contributed by atoms with van der Waals surface area (Å²) >= 11 is 0. The minimum absolute atomic E-state index is 0.140. The van der Waals surface area contributed by atoms with Crippen LogP contribution in [0.25, 0.3) is 6.08 Å². The summed E-state index contributed by atoms with van der Waals surface area (Å²) in [5.41, 5.74) is 1.14. The summed E-state index contributed by atoms with van der Waals surface area (Å²) in [6.07, 6.45) is 3.03. The van der Waals surface area contributed by atoms with Gasteiger partial charge >= 0.3 is 0 Å². The topological polar surface area (TPSA) is 65.0 Å². The zero-order valence-electron chi connectivity index (χ0n) is 13.2. The highest BCUT2D eigenvalue weighted by Crippen LogP contribution is 2.46. The number of hydrogen-bond donors (Lipinski definition) is 1. The van der Waals surface area contributed by atoms with Crippen molar-refractivity contribution in [1.29, 1.82) is 0 Å². The van der Waals surface area contributed by atoms with Crippen molar-refractivity contribution >= 4 is 11.9 Å². The highest BCUT2D eigenvalue weighted by atomic mass is 16.5. The lowest BCUT2D eigenvalue weighted by Gasteiger charge is -2.14. The van der Waals surface area contributed by atoms with Gasteiger partial charge in [-0.2, -0.15) is 0 Å². The van der Waals surface area contributed by atoms with Crippen molar-refractivity contribution in [2.75, 3.05) is 21.3 Å². The van der Waals surface area contributed by atoms with Crippen LogP contribution < -0.4 is 14.2 Å². The molecule has 1 N–H and O–H groups in total. The Morgan fingerprint density at radius 3 is 2.22 bits per heavy atom. The highest BCUT2D eigenvalue weighted by molar-refractivity contribution is 6.07. The van der Waals surface area contributed by atoms with E-state index in [1.807, 2.05) is 6.07 Å². The Morgan fingerprint density at radius 2 is 1.65 bits per heavy atom. The molecule has 0 bridgehead atoms. The molecule has 0 radical (unpaired) electrons. The summed E-state index contributed by atoms with van der Waals surface area (Å²) in [5.74, 6) is 0.410. The molecule has 2 aromatic rings. The average molecular weight is 314 g/mol. The lowest BCUT2D eigenvalue weighted by molar-refractivity contribution is 0.104. The van der Waals surface area contributed by atoms with Gasteiger partial charge in [0.15, 0.2) is 17.3 Å². The third-order valence-corrected chi connectivity index (χ3v) is 3.30. The van der Waals surface area contributed by atoms with Crippen LogP contribution in [0.15, 0.2) is 42.5 Å². The van der Waals surface area contributed by atoms with Crippen molar-refractivity contribution in [1.82, 2.24) is 0 Å². The monoisotopic (exact) mass is 314 g/mol. The lowest BCUT2D eigenvalue weighted by atomic mass is 10.1. The van der Waals surface area contributed by atoms with Crippen LogP contribution >= 0.6 is 0 Å². The molecule has 0 heterocycles. The molecule has 0 saturated heterocycles. The summed E-state index contributed by atoms with van der Waals surface area (Å²) in [6.45, 7) is 0. The molecule has 0 atom stereocenters. The number of phenolic OH excluding ortho intramolecular Hbond substituents is 1. The molecule has 0 spiro atoms. The second-order valence-electron chi connectivity index (χ2n) is 4.65. The number of ketones is 1. The molecule has 5 nitrogen and oxygen atoms in total. The SMILES string of the molecule is COc1cc(C=CC(=O)c2ccccc2)c(OC)c(OC)c1O. The van der Waals surface area contributed by atoms with Crippen LogP contribution in [0.1, 0.15) is 15.9 Å². The van der Waals surface area contributed by atoms with Crippen molar-refractivity contribution in [3.63, 3.8) is 0 Å². The second kappa shape index (κ2) is 7.35. The molecule has 0 unspecified atom stereocenters. The first-order chi connectivity index (χ1) is 11.1. The van der Waals surface area contributed by atoms with Crippen LogP contribution in [0.5, 0.6) is 23.0 Å². The molecule has 23 heavy (non-hydrogen) atoms. The summed E-state index contributed by atoms with van der Waals surface area (Å²) in [5, 5.41) is 10.1. The first-order valence-electron chi connectivity index (χ1n) is 6.91. The third-order valence-electron chi connectivity index (χ3n) is 3.30. The predicted molar refractivity (Wildman–Crippen MR) is 87.6 cm³/mol. The van der Waals surface area contributed by atoms with E-state index >= 15 is 0 Å². The van der Waals surface area contributed by atoms with Gasteiger partial charge in [-0.05, 0) is 18.2 Å². The molecule has 120 valence electrons. The van der Waals surface area contributed by atoms with Crippen LogP contribution in [0, 0.1) is 0 Å². The molecular weight excluding hydrogens is 296 g/mol. The maximum Gasteiger partial charge on any atom is 0.207 e. The largest absolute Gasteiger partial charge is 0.502 e. The molecule has 0 aliphatic rings. The fraction of sp³-hybridized carbons (Fsp3) is 0.167. The number of carbonyl (C=O) groups is 1. The van der Waals surface area contributed by atoms with E-state index in [1.54, 1.807) is 36.4 Å². The van der Waals surface area contributed by atoms with Crippen LogP contribution in [-0.2, 0) is 0 Å². The number of aromatic hydroxyl groups is 1. The van der Waals surface area contributed by atoms with E-state index in [9.17, 15) is 9.90 Å². The fourth-order valence-electron chi connectivity index (χ4n) is 2.17. The Labute approximate surface area is 134 Å². The number of allylic oxidation sites excluding steroid dienone is 1. The zero-order valence-corrected chi connectivity index (χ0v) is 13.2. The number of phenols is 1. The van der Waals surface area contributed by atoms with Crippen LogP contribution in [-0.4, -0.2) is 32.2 Å². The van der Waals surface area contributed by atoms with Gasteiger partial charge in [-0.25, -0.2) is 0 Å². The van der Waals surface area contributed by atoms with Gasteiger partial charge in [0.25, 0.3) is 0 Å². The third kappa shape index (κ3) is 3.45. The van der Waals surface area contributed by atoms with Gasteiger partial charge in [0.2, 0.25) is 11.5 Å². The standard InChI is InChI=1S/C18H18O5/c1-21-15-11-13(17(22-2)18(23-3)16(15)20)9-10-14(19)12-7-5-4-6-8-12/h4-11,20H,1-3H3. The zero-order chi connectivity index (χ0) is 16.8. The lowest BCUT2D eigenvalue weighted by Crippen LogP contribution is -1.97. The number of ether oxygens (including phenoxy) is 3. The molecule has 5 heteroatoms. The van der Waals surface area contributed by atoms with E-state index in [4.69, 9.17) is 14.2 Å². The predicted octanol–water partition coefficient (Wildman–Crippen LogP) is 3.31. The Morgan fingerprint density at radius 1 is 1.00 bits per heavy atom. The molecule has 0 aliphatic heterocycles. The second-order valence-corrected chi connectivity index (χ2v) is 4.65. The summed E-state index contributed by atoms with van der Waals surface area (Å²) in [4.78, 5) is 12.2. The summed E-state index contributed by atoms with van der Waals surface area (Å²) in [6, 6.07) is 10.5. The molecule has 0 amide bonds. The molecule has 0 saturated carbocycles. The van der Waals surface area contributed by atoms with Crippen molar-refractivity contribution in [2.45, 2.75) is 0 Å². The van der Waals surface area contributed by atoms with Crippen molar-refractivity contribution in [3.05, 3.63) is 53.6 Å². The van der Waals surface area contributed by atoms with E-state index in [2.05, 4.69) is 0 Å². The van der Waals surface area contributed by atoms with Gasteiger partial charge in [0, 0.05) is 11.1 Å². The number of rotatable bonds is 6. The normalized spacial score (nSPS) is 10.6. The fourth-order valence-corrected chi connectivity index (χ4v) is 2.17. The molecule has 0 aliphatic carbocycles. The minimum atomic E-state index is -0.154. The first-order valence-corrected chi connectivity index (χ1v) is 6.91. The van der Waals surface area contributed by atoms with Gasteiger partial charge < -0.3 is 19.3 Å². The Balaban J connectivity index is 2.42. The quantitative estimate of drug-likeness (QED) is 0.654. The minimum Gasteiger partial charge on any atom is -0.502 e. The van der Waals surface area contributed by atoms with Gasteiger partial charge in [0.1, 0.15) is 0 Å². The molecule has 2 rings (SSSR count). The average Bonchev–Trinajstić information content (AvgIpc) is 2.60. The maximum atomic E-state index is 12.2. The smallest absolute Gasteiger partial charge is 0.207 e. The number of carbonyl (C=O) groups excluding carboxylic acids is 1. The molecule has 0 fully saturated rings. The van der Waals surface area contributed by atoms with Gasteiger partial charge in [-0.15, -0.1) is 0 Å². The van der Waals surface area contributed by atoms with Crippen LogP contribution in [0.3, 0.4) is 0 Å². The van der Waals surface area contributed by atoms with Crippen molar-refractivity contribution in [3.8, 4) is 23.0 Å². The van der Waals surface area contributed by atoms with Gasteiger partial charge in [0.05, 0.1) is 21.3 Å². The van der Waals surface area contributed by atoms with Crippen molar-refractivity contribution < 1.29 is 24.1 Å². The van der Waals surface area contributed by atoms with E-state index in [0.717, 1.165) is 0 Å². The Kier molecular flexibility index (Phi) is 5.25. The number of hydrogen-bond acceptors (Lipinski definition) is 5. The van der Waals surface area contributed by atoms with Crippen LogP contribution in [0.4, 0.5) is 0 Å². The summed E-state index contributed by atoms with van der Waals surface area (Å²) < 4.78 is 15.6. The number of benzene rings is 2. The molecule has 2 aromatic carbocycles. The van der Waals surface area contributed by atoms with Crippen molar-refractivity contribution in [2.24, 2.45) is 0 Å². The van der Waals surface area contributed by atoms with E-state index in [0.29, 0.717) is 16.9 Å². The summed E-state index contributed by atoms with van der Waals surface area (Å²) in [7, 11) is 4.31. The van der Waals surface area contributed by atoms with Gasteiger partial charge in [-0.1, -0.05) is 30.3 Å². The first kappa shape index (κ1) is 16.4. The van der Waals surface area contributed by atoms with E-state index in [1.165, 1.54) is 27.4 Å². The van der Waals surface area contributed by atoms with E-state index < -0.39 is 0 Å². The Hall–Kier alpha value is -2.95. The van der Waals surface area contributed by atoms with Crippen LogP contribution in [0.2, 0.25) is 0 Å². The van der Waals surface area contributed by atoms with E-state index in [-0.39, 0.29) is 23.0 Å². The highest BCUT2D eigenvalue weighted by Gasteiger charge is 2.19. The maximum absolute atomic E-state index is 12.2. The molecular formula is C18H18O5. The molecule has 0 aromatic heterocycles. The number of methoxy groups -OCH3 is 3. The Bertz CT molecular complexity index is 720. The van der Waals surface area contributed by atoms with Gasteiger partial charge in [-0.3, -0.25) is 4.79 Å².